The van der Waals surface area contributed by atoms with E-state index in [4.69, 9.17) is 13.9 Å². The van der Waals surface area contributed by atoms with E-state index in [9.17, 15) is 9.59 Å². The van der Waals surface area contributed by atoms with Gasteiger partial charge in [0, 0.05) is 24.5 Å². The van der Waals surface area contributed by atoms with Crippen LogP contribution in [0, 0.1) is 6.92 Å². The van der Waals surface area contributed by atoms with Gasteiger partial charge in [0.2, 0.25) is 0 Å². The number of nitrogens with zero attached hydrogens (tertiary/aromatic N) is 1. The fraction of sp³-hybridized carbons (Fsp3) is 0.273. The minimum atomic E-state index is -0.442. The van der Waals surface area contributed by atoms with Gasteiger partial charge < -0.3 is 18.8 Å². The molecule has 0 aliphatic heterocycles. The van der Waals surface area contributed by atoms with Crippen molar-refractivity contribution in [3.8, 4) is 22.6 Å². The second kappa shape index (κ2) is 8.17. The van der Waals surface area contributed by atoms with Crippen molar-refractivity contribution in [2.24, 2.45) is 0 Å². The molecular formula is C22H23NO5. The van der Waals surface area contributed by atoms with E-state index in [2.05, 4.69) is 0 Å². The minimum absolute atomic E-state index is 0.337. The molecule has 0 aliphatic rings. The monoisotopic (exact) mass is 381 g/mol. The van der Waals surface area contributed by atoms with Crippen molar-refractivity contribution >= 4 is 17.1 Å². The third-order valence-corrected chi connectivity index (χ3v) is 4.74. The van der Waals surface area contributed by atoms with Crippen LogP contribution >= 0.6 is 0 Å². The van der Waals surface area contributed by atoms with Crippen molar-refractivity contribution in [2.75, 3.05) is 20.2 Å². The van der Waals surface area contributed by atoms with Gasteiger partial charge >= 0.3 is 11.7 Å². The van der Waals surface area contributed by atoms with E-state index in [0.717, 1.165) is 16.5 Å². The summed E-state index contributed by atoms with van der Waals surface area (Å²) in [5, 5.41) is 0.785. The molecular weight excluding hydrogens is 358 g/mol. The molecule has 6 nitrogen and oxygen atoms in total. The number of rotatable bonds is 5. The number of ether oxygens (including phenoxy) is 2. The van der Waals surface area contributed by atoms with Gasteiger partial charge in [0.05, 0.1) is 12.7 Å². The molecule has 0 spiro atoms. The van der Waals surface area contributed by atoms with Gasteiger partial charge in [-0.3, -0.25) is 0 Å². The highest BCUT2D eigenvalue weighted by Crippen LogP contribution is 2.30. The molecule has 1 aromatic heterocycles. The molecule has 6 heteroatoms. The van der Waals surface area contributed by atoms with Gasteiger partial charge in [-0.15, -0.1) is 0 Å². The lowest BCUT2D eigenvalue weighted by Crippen LogP contribution is -2.33. The number of carbonyl (C=O) groups is 1. The van der Waals surface area contributed by atoms with Crippen molar-refractivity contribution in [3.05, 3.63) is 58.4 Å². The maximum absolute atomic E-state index is 12.6. The lowest BCUT2D eigenvalue weighted by Gasteiger charge is -2.18. The summed E-state index contributed by atoms with van der Waals surface area (Å²) in [6.45, 7) is 6.76. The molecule has 28 heavy (non-hydrogen) atoms. The Morgan fingerprint density at radius 3 is 2.29 bits per heavy atom. The van der Waals surface area contributed by atoms with Gasteiger partial charge in [0.25, 0.3) is 0 Å². The van der Waals surface area contributed by atoms with Gasteiger partial charge in [-0.2, -0.15) is 0 Å². The quantitative estimate of drug-likeness (QED) is 0.603. The number of methoxy groups -OCH3 is 1. The van der Waals surface area contributed by atoms with Gasteiger partial charge in [0.15, 0.2) is 0 Å². The van der Waals surface area contributed by atoms with Gasteiger partial charge in [0.1, 0.15) is 17.1 Å². The van der Waals surface area contributed by atoms with E-state index < -0.39 is 11.7 Å². The van der Waals surface area contributed by atoms with Gasteiger partial charge in [-0.05, 0) is 56.2 Å². The normalized spacial score (nSPS) is 10.7. The van der Waals surface area contributed by atoms with E-state index in [0.29, 0.717) is 35.7 Å². The summed E-state index contributed by atoms with van der Waals surface area (Å²) >= 11 is 0. The average Bonchev–Trinajstić information content (AvgIpc) is 2.69. The highest BCUT2D eigenvalue weighted by atomic mass is 16.6. The van der Waals surface area contributed by atoms with E-state index in [1.807, 2.05) is 32.9 Å². The van der Waals surface area contributed by atoms with Crippen LogP contribution < -0.4 is 15.1 Å². The highest BCUT2D eigenvalue weighted by Gasteiger charge is 2.16. The molecule has 0 atom stereocenters. The Kier molecular flexibility index (Phi) is 5.68. The zero-order valence-corrected chi connectivity index (χ0v) is 16.4. The summed E-state index contributed by atoms with van der Waals surface area (Å²) in [6, 6.07) is 12.3. The van der Waals surface area contributed by atoms with Crippen LogP contribution in [-0.4, -0.2) is 31.2 Å². The Morgan fingerprint density at radius 1 is 1.04 bits per heavy atom. The Labute approximate surface area is 163 Å². The first-order chi connectivity index (χ1) is 13.5. The zero-order valence-electron chi connectivity index (χ0n) is 16.4. The van der Waals surface area contributed by atoms with Crippen LogP contribution in [0.5, 0.6) is 11.5 Å². The highest BCUT2D eigenvalue weighted by molar-refractivity contribution is 5.88. The van der Waals surface area contributed by atoms with Crippen molar-refractivity contribution in [3.63, 3.8) is 0 Å². The van der Waals surface area contributed by atoms with Gasteiger partial charge in [-0.25, -0.2) is 9.59 Å². The summed E-state index contributed by atoms with van der Waals surface area (Å²) in [5.41, 5.74) is 2.00. The Bertz CT molecular complexity index is 1050. The van der Waals surface area contributed by atoms with Crippen molar-refractivity contribution < 1.29 is 18.7 Å². The predicted molar refractivity (Wildman–Crippen MR) is 108 cm³/mol. The molecule has 1 heterocycles. The van der Waals surface area contributed by atoms with Crippen LogP contribution in [0.3, 0.4) is 0 Å². The minimum Gasteiger partial charge on any atom is -0.497 e. The number of fused-ring (bicyclic) bond motifs is 1. The molecule has 146 valence electrons. The van der Waals surface area contributed by atoms with Crippen LogP contribution in [-0.2, 0) is 0 Å². The average molecular weight is 381 g/mol. The van der Waals surface area contributed by atoms with Crippen LogP contribution in [0.4, 0.5) is 4.79 Å². The van der Waals surface area contributed by atoms with Gasteiger partial charge in [-0.1, -0.05) is 12.1 Å². The number of carbonyl (C=O) groups excluding carboxylic acids is 1. The molecule has 3 aromatic rings. The van der Waals surface area contributed by atoms with E-state index in [1.54, 1.807) is 42.3 Å². The second-order valence-electron chi connectivity index (χ2n) is 6.32. The topological polar surface area (TPSA) is 69.0 Å². The molecule has 0 unspecified atom stereocenters. The van der Waals surface area contributed by atoms with E-state index >= 15 is 0 Å². The molecule has 0 fully saturated rings. The Hall–Kier alpha value is -3.28. The Morgan fingerprint density at radius 2 is 1.68 bits per heavy atom. The molecule has 0 aliphatic carbocycles. The molecule has 0 saturated heterocycles. The van der Waals surface area contributed by atoms with Crippen molar-refractivity contribution in [1.82, 2.24) is 4.90 Å². The van der Waals surface area contributed by atoms with E-state index in [-0.39, 0.29) is 0 Å². The molecule has 0 bridgehead atoms. The SMILES string of the molecule is CCN(CC)C(=O)Oc1ccc2c(C)c(-c3ccc(OC)cc3)c(=O)oc2c1. The Balaban J connectivity index is 2.00. The number of hydrogen-bond donors (Lipinski definition) is 0. The van der Waals surface area contributed by atoms with Crippen LogP contribution in [0.25, 0.3) is 22.1 Å². The molecule has 0 N–H and O–H groups in total. The first-order valence-corrected chi connectivity index (χ1v) is 9.17. The van der Waals surface area contributed by atoms with Crippen LogP contribution in [0.1, 0.15) is 19.4 Å². The smallest absolute Gasteiger partial charge is 0.415 e. The molecule has 1 amide bonds. The number of hydrogen-bond acceptors (Lipinski definition) is 5. The molecule has 2 aromatic carbocycles. The third-order valence-electron chi connectivity index (χ3n) is 4.74. The maximum Gasteiger partial charge on any atom is 0.415 e. The standard InChI is InChI=1S/C22H23NO5/c1-5-23(6-2)22(25)27-17-11-12-18-14(3)20(21(24)28-19(18)13-17)15-7-9-16(26-4)10-8-15/h7-13H,5-6H2,1-4H3. The number of amides is 1. The third kappa shape index (κ3) is 3.71. The summed E-state index contributed by atoms with van der Waals surface area (Å²) in [7, 11) is 1.59. The second-order valence-corrected chi connectivity index (χ2v) is 6.32. The first-order valence-electron chi connectivity index (χ1n) is 9.17. The fourth-order valence-corrected chi connectivity index (χ4v) is 3.14. The molecule has 0 radical (unpaired) electrons. The summed E-state index contributed by atoms with van der Waals surface area (Å²) in [5.74, 6) is 1.05. The number of aryl methyl sites for hydroxylation is 1. The first kappa shape index (κ1) is 19.5. The lowest BCUT2D eigenvalue weighted by molar-refractivity contribution is 0.157. The predicted octanol–water partition coefficient (Wildman–Crippen LogP) is 4.62. The fourth-order valence-electron chi connectivity index (χ4n) is 3.14. The van der Waals surface area contributed by atoms with E-state index in [1.165, 1.54) is 0 Å². The summed E-state index contributed by atoms with van der Waals surface area (Å²) in [6.07, 6.45) is -0.432. The zero-order chi connectivity index (χ0) is 20.3. The maximum atomic E-state index is 12.6. The summed E-state index contributed by atoms with van der Waals surface area (Å²) < 4.78 is 16.1. The number of benzene rings is 2. The largest absolute Gasteiger partial charge is 0.497 e. The molecule has 0 saturated carbocycles. The lowest BCUT2D eigenvalue weighted by atomic mass is 9.99. The van der Waals surface area contributed by atoms with Crippen LogP contribution in [0.15, 0.2) is 51.7 Å². The van der Waals surface area contributed by atoms with Crippen LogP contribution in [0.2, 0.25) is 0 Å². The van der Waals surface area contributed by atoms with Crippen molar-refractivity contribution in [2.45, 2.75) is 20.8 Å². The molecule has 3 rings (SSSR count). The van der Waals surface area contributed by atoms with Crippen molar-refractivity contribution in [1.29, 1.82) is 0 Å². The summed E-state index contributed by atoms with van der Waals surface area (Å²) in [4.78, 5) is 26.3.